The minimum Gasteiger partial charge on any atom is -0.478 e. The first-order chi connectivity index (χ1) is 11.5. The minimum absolute atomic E-state index is 0.0601. The number of carboxylic acid groups (broad SMARTS) is 1. The van der Waals surface area contributed by atoms with Crippen LogP contribution in [0.4, 0.5) is 4.79 Å². The highest BCUT2D eigenvalue weighted by molar-refractivity contribution is 6.02. The molecule has 3 aromatic rings. The lowest BCUT2D eigenvalue weighted by Gasteiger charge is -2.07. The lowest BCUT2D eigenvalue weighted by Crippen LogP contribution is -2.35. The topological polar surface area (TPSA) is 104 Å². The van der Waals surface area contributed by atoms with Crippen LogP contribution in [-0.2, 0) is 6.54 Å². The van der Waals surface area contributed by atoms with E-state index in [4.69, 9.17) is 0 Å². The summed E-state index contributed by atoms with van der Waals surface area (Å²) in [4.78, 5) is 35.8. The number of carbonyl (C=O) groups excluding carboxylic acids is 1. The molecule has 1 amide bonds. The number of aromatic carboxylic acids is 1. The van der Waals surface area contributed by atoms with Crippen molar-refractivity contribution in [3.63, 3.8) is 0 Å². The Kier molecular flexibility index (Phi) is 3.91. The van der Waals surface area contributed by atoms with Gasteiger partial charge in [0.2, 0.25) is 0 Å². The number of carboxylic acids is 1. The van der Waals surface area contributed by atoms with Crippen LogP contribution in [0.25, 0.3) is 10.9 Å². The third kappa shape index (κ3) is 2.67. The molecule has 7 heteroatoms. The maximum Gasteiger partial charge on any atom is 0.343 e. The third-order valence-electron chi connectivity index (χ3n) is 3.85. The van der Waals surface area contributed by atoms with Crippen LogP contribution < -0.4 is 10.9 Å². The molecule has 2 aromatic carbocycles. The van der Waals surface area contributed by atoms with Crippen LogP contribution in [0.3, 0.4) is 0 Å². The van der Waals surface area contributed by atoms with E-state index < -0.39 is 17.6 Å². The van der Waals surface area contributed by atoms with E-state index in [0.29, 0.717) is 0 Å². The van der Waals surface area contributed by atoms with Crippen molar-refractivity contribution >= 4 is 22.9 Å². The van der Waals surface area contributed by atoms with Crippen molar-refractivity contribution in [3.8, 4) is 0 Å². The predicted molar refractivity (Wildman–Crippen MR) is 88.3 cm³/mol. The van der Waals surface area contributed by atoms with Crippen molar-refractivity contribution in [2.75, 3.05) is 0 Å². The SMILES string of the molecule is Cc1ccccc1CNC(=O)n1[nH]c2c(C(=O)O)cccc2c1=O. The van der Waals surface area contributed by atoms with Crippen LogP contribution in [0.1, 0.15) is 21.5 Å². The molecule has 3 N–H and O–H groups in total. The quantitative estimate of drug-likeness (QED) is 0.686. The molecule has 0 radical (unpaired) electrons. The number of H-pyrrole nitrogens is 1. The zero-order valence-corrected chi connectivity index (χ0v) is 12.9. The first-order valence-corrected chi connectivity index (χ1v) is 7.29. The van der Waals surface area contributed by atoms with Crippen LogP contribution in [0, 0.1) is 6.92 Å². The molecule has 0 spiro atoms. The molecule has 0 unspecified atom stereocenters. The molecule has 1 aromatic heterocycles. The number of rotatable bonds is 3. The number of aromatic nitrogens is 2. The Balaban J connectivity index is 1.92. The molecule has 0 aliphatic heterocycles. The maximum absolute atomic E-state index is 12.3. The van der Waals surface area contributed by atoms with Crippen molar-refractivity contribution in [2.24, 2.45) is 0 Å². The molecule has 0 bridgehead atoms. The number of para-hydroxylation sites is 1. The summed E-state index contributed by atoms with van der Waals surface area (Å²) in [5.41, 5.74) is 1.43. The van der Waals surface area contributed by atoms with Gasteiger partial charge in [0, 0.05) is 6.54 Å². The van der Waals surface area contributed by atoms with Crippen LogP contribution in [0.15, 0.2) is 47.3 Å². The molecule has 24 heavy (non-hydrogen) atoms. The first-order valence-electron chi connectivity index (χ1n) is 7.29. The van der Waals surface area contributed by atoms with Crippen molar-refractivity contribution in [2.45, 2.75) is 13.5 Å². The van der Waals surface area contributed by atoms with Crippen molar-refractivity contribution in [1.82, 2.24) is 15.1 Å². The van der Waals surface area contributed by atoms with E-state index in [0.717, 1.165) is 15.8 Å². The molecule has 0 saturated heterocycles. The number of benzene rings is 2. The van der Waals surface area contributed by atoms with E-state index in [9.17, 15) is 19.5 Å². The summed E-state index contributed by atoms with van der Waals surface area (Å²) in [6.07, 6.45) is 0. The number of carbonyl (C=O) groups is 2. The standard InChI is InChI=1S/C17H15N3O4/c1-10-5-2-3-6-11(10)9-18-17(24)20-15(21)12-7-4-8-13(16(22)23)14(12)19-20/h2-8,19H,9H2,1H3,(H,18,24)(H,22,23). The zero-order valence-electron chi connectivity index (χ0n) is 12.9. The summed E-state index contributed by atoms with van der Waals surface area (Å²) >= 11 is 0. The number of fused-ring (bicyclic) bond motifs is 1. The lowest BCUT2D eigenvalue weighted by molar-refractivity contribution is 0.0698. The third-order valence-corrected chi connectivity index (χ3v) is 3.85. The van der Waals surface area contributed by atoms with E-state index in [1.165, 1.54) is 18.2 Å². The van der Waals surface area contributed by atoms with E-state index >= 15 is 0 Å². The fourth-order valence-corrected chi connectivity index (χ4v) is 2.51. The second-order valence-corrected chi connectivity index (χ2v) is 5.37. The van der Waals surface area contributed by atoms with Crippen molar-refractivity contribution < 1.29 is 14.7 Å². The monoisotopic (exact) mass is 325 g/mol. The number of hydrogen-bond acceptors (Lipinski definition) is 3. The Labute approximate surface area is 136 Å². The second-order valence-electron chi connectivity index (χ2n) is 5.37. The smallest absolute Gasteiger partial charge is 0.343 e. The van der Waals surface area contributed by atoms with Crippen LogP contribution in [0.2, 0.25) is 0 Å². The zero-order chi connectivity index (χ0) is 17.3. The Morgan fingerprint density at radius 1 is 1.17 bits per heavy atom. The highest BCUT2D eigenvalue weighted by atomic mass is 16.4. The molecule has 0 atom stereocenters. The summed E-state index contributed by atoms with van der Waals surface area (Å²) in [6.45, 7) is 2.19. The summed E-state index contributed by atoms with van der Waals surface area (Å²) in [6, 6.07) is 11.2. The molecule has 0 aliphatic carbocycles. The minimum atomic E-state index is -1.17. The van der Waals surface area contributed by atoms with E-state index in [2.05, 4.69) is 10.4 Å². The first kappa shape index (κ1) is 15.5. The number of nitrogens with one attached hydrogen (secondary N) is 2. The number of amides is 1. The van der Waals surface area contributed by atoms with Crippen molar-refractivity contribution in [1.29, 1.82) is 0 Å². The summed E-state index contributed by atoms with van der Waals surface area (Å²) < 4.78 is 0.787. The van der Waals surface area contributed by atoms with Crippen LogP contribution in [0.5, 0.6) is 0 Å². The Morgan fingerprint density at radius 3 is 2.62 bits per heavy atom. The summed E-state index contributed by atoms with van der Waals surface area (Å²) in [7, 11) is 0. The second kappa shape index (κ2) is 6.04. The highest BCUT2D eigenvalue weighted by Crippen LogP contribution is 2.13. The van der Waals surface area contributed by atoms with Gasteiger partial charge >= 0.3 is 12.0 Å². The van der Waals surface area contributed by atoms with E-state index in [1.807, 2.05) is 31.2 Å². The number of nitrogens with zero attached hydrogens (tertiary/aromatic N) is 1. The number of hydrogen-bond donors (Lipinski definition) is 3. The molecule has 1 heterocycles. The fraction of sp³-hybridized carbons (Fsp3) is 0.118. The Hall–Kier alpha value is -3.35. The van der Waals surface area contributed by atoms with Gasteiger partial charge in [0.25, 0.3) is 5.56 Å². The predicted octanol–water partition coefficient (Wildman–Crippen LogP) is 2.09. The van der Waals surface area contributed by atoms with Gasteiger partial charge in [-0.25, -0.2) is 9.59 Å². The highest BCUT2D eigenvalue weighted by Gasteiger charge is 2.17. The van der Waals surface area contributed by atoms with Crippen LogP contribution >= 0.6 is 0 Å². The molecule has 7 nitrogen and oxygen atoms in total. The van der Waals surface area contributed by atoms with Gasteiger partial charge in [0.05, 0.1) is 16.5 Å². The molecular formula is C17H15N3O4. The van der Waals surface area contributed by atoms with Gasteiger partial charge in [-0.1, -0.05) is 30.3 Å². The number of aromatic amines is 1. The summed E-state index contributed by atoms with van der Waals surface area (Å²) in [5.74, 6) is -1.17. The van der Waals surface area contributed by atoms with Gasteiger partial charge in [0.15, 0.2) is 0 Å². The Bertz CT molecular complexity index is 1000. The van der Waals surface area contributed by atoms with Gasteiger partial charge < -0.3 is 10.4 Å². The van der Waals surface area contributed by atoms with Gasteiger partial charge in [-0.2, -0.15) is 4.68 Å². The van der Waals surface area contributed by atoms with Crippen molar-refractivity contribution in [3.05, 3.63) is 69.5 Å². The Morgan fingerprint density at radius 2 is 1.92 bits per heavy atom. The van der Waals surface area contributed by atoms with E-state index in [-0.39, 0.29) is 23.0 Å². The largest absolute Gasteiger partial charge is 0.478 e. The maximum atomic E-state index is 12.3. The summed E-state index contributed by atoms with van der Waals surface area (Å²) in [5, 5.41) is 14.6. The van der Waals surface area contributed by atoms with E-state index in [1.54, 1.807) is 0 Å². The fourth-order valence-electron chi connectivity index (χ4n) is 2.51. The van der Waals surface area contributed by atoms with Gasteiger partial charge in [0.1, 0.15) is 0 Å². The van der Waals surface area contributed by atoms with Crippen LogP contribution in [-0.4, -0.2) is 26.9 Å². The molecule has 122 valence electrons. The number of aryl methyl sites for hydroxylation is 1. The lowest BCUT2D eigenvalue weighted by atomic mass is 10.1. The molecular weight excluding hydrogens is 310 g/mol. The molecule has 0 aliphatic rings. The molecule has 0 saturated carbocycles. The molecule has 3 rings (SSSR count). The van der Waals surface area contributed by atoms with Gasteiger partial charge in [-0.05, 0) is 30.2 Å². The van der Waals surface area contributed by atoms with Gasteiger partial charge in [-0.15, -0.1) is 0 Å². The normalized spacial score (nSPS) is 10.7. The average Bonchev–Trinajstić information content (AvgIpc) is 2.91. The average molecular weight is 325 g/mol. The van der Waals surface area contributed by atoms with Gasteiger partial charge in [-0.3, -0.25) is 9.89 Å². The molecule has 0 fully saturated rings.